The third kappa shape index (κ3) is 4.14. The van der Waals surface area contributed by atoms with E-state index in [0.29, 0.717) is 42.7 Å². The van der Waals surface area contributed by atoms with Gasteiger partial charge in [-0.25, -0.2) is 0 Å². The summed E-state index contributed by atoms with van der Waals surface area (Å²) in [6, 6.07) is 9.50. The SMILES string of the molecule is O=C(Nc1ccc(Br)cc1Cl)c1ccc(N2CCOCC2)c([N+](=O)[O-])c1. The Bertz CT molecular complexity index is 856. The second kappa shape index (κ2) is 8.03. The van der Waals surface area contributed by atoms with Crippen molar-refractivity contribution in [1.29, 1.82) is 0 Å². The fourth-order valence-electron chi connectivity index (χ4n) is 2.67. The fourth-order valence-corrected chi connectivity index (χ4v) is 3.39. The number of hydrogen-bond donors (Lipinski definition) is 1. The van der Waals surface area contributed by atoms with Crippen molar-refractivity contribution in [2.45, 2.75) is 0 Å². The molecular formula is C17H15BrClN3O4. The lowest BCUT2D eigenvalue weighted by Gasteiger charge is -2.28. The molecular weight excluding hydrogens is 426 g/mol. The Morgan fingerprint density at radius 2 is 1.96 bits per heavy atom. The van der Waals surface area contributed by atoms with Crippen molar-refractivity contribution in [2.75, 3.05) is 36.5 Å². The van der Waals surface area contributed by atoms with Crippen molar-refractivity contribution < 1.29 is 14.5 Å². The topological polar surface area (TPSA) is 84.7 Å². The zero-order valence-electron chi connectivity index (χ0n) is 13.6. The van der Waals surface area contributed by atoms with Gasteiger partial charge in [-0.05, 0) is 30.3 Å². The predicted molar refractivity (Wildman–Crippen MR) is 103 cm³/mol. The average Bonchev–Trinajstić information content (AvgIpc) is 2.64. The van der Waals surface area contributed by atoms with Gasteiger partial charge < -0.3 is 15.0 Å². The number of nitro groups is 1. The van der Waals surface area contributed by atoms with Crippen molar-refractivity contribution in [2.24, 2.45) is 0 Å². The first-order valence-corrected chi connectivity index (χ1v) is 9.00. The first-order valence-electron chi connectivity index (χ1n) is 7.83. The van der Waals surface area contributed by atoms with Crippen LogP contribution in [0.25, 0.3) is 0 Å². The van der Waals surface area contributed by atoms with Gasteiger partial charge in [0.05, 0.1) is 28.8 Å². The normalized spacial score (nSPS) is 14.2. The molecule has 7 nitrogen and oxygen atoms in total. The summed E-state index contributed by atoms with van der Waals surface area (Å²) in [5.41, 5.74) is 0.991. The summed E-state index contributed by atoms with van der Waals surface area (Å²) >= 11 is 9.39. The highest BCUT2D eigenvalue weighted by molar-refractivity contribution is 9.10. The van der Waals surface area contributed by atoms with E-state index in [4.69, 9.17) is 16.3 Å². The largest absolute Gasteiger partial charge is 0.378 e. The zero-order chi connectivity index (χ0) is 18.7. The molecule has 0 bridgehead atoms. The van der Waals surface area contributed by atoms with E-state index in [1.807, 2.05) is 4.90 Å². The Balaban J connectivity index is 1.86. The highest BCUT2D eigenvalue weighted by Crippen LogP contribution is 2.31. The van der Waals surface area contributed by atoms with Crippen LogP contribution in [-0.2, 0) is 4.74 Å². The van der Waals surface area contributed by atoms with Gasteiger partial charge in [-0.15, -0.1) is 0 Å². The quantitative estimate of drug-likeness (QED) is 0.571. The van der Waals surface area contributed by atoms with Crippen LogP contribution >= 0.6 is 27.5 Å². The van der Waals surface area contributed by atoms with Gasteiger partial charge in [0.15, 0.2) is 0 Å². The van der Waals surface area contributed by atoms with Gasteiger partial charge in [-0.1, -0.05) is 27.5 Å². The highest BCUT2D eigenvalue weighted by Gasteiger charge is 2.23. The van der Waals surface area contributed by atoms with Crippen molar-refractivity contribution in [1.82, 2.24) is 0 Å². The molecule has 0 spiro atoms. The number of hydrogen-bond acceptors (Lipinski definition) is 5. The van der Waals surface area contributed by atoms with Gasteiger partial charge in [0.2, 0.25) is 0 Å². The van der Waals surface area contributed by atoms with E-state index in [1.54, 1.807) is 30.3 Å². The number of rotatable bonds is 4. The number of nitrogens with one attached hydrogen (secondary N) is 1. The van der Waals surface area contributed by atoms with Crippen molar-refractivity contribution in [3.63, 3.8) is 0 Å². The van der Waals surface area contributed by atoms with Crippen LogP contribution in [0.5, 0.6) is 0 Å². The maximum absolute atomic E-state index is 12.5. The standard InChI is InChI=1S/C17H15BrClN3O4/c18-12-2-3-14(13(19)10-12)20-17(23)11-1-4-15(16(9-11)22(24)25)21-5-7-26-8-6-21/h1-4,9-10H,5-8H2,(H,20,23). The van der Waals surface area contributed by atoms with Crippen LogP contribution in [0.4, 0.5) is 17.1 Å². The molecule has 9 heteroatoms. The molecule has 26 heavy (non-hydrogen) atoms. The van der Waals surface area contributed by atoms with E-state index in [1.165, 1.54) is 6.07 Å². The Morgan fingerprint density at radius 3 is 2.62 bits per heavy atom. The minimum Gasteiger partial charge on any atom is -0.378 e. The lowest BCUT2D eigenvalue weighted by atomic mass is 10.1. The molecule has 0 saturated carbocycles. The highest BCUT2D eigenvalue weighted by atomic mass is 79.9. The Morgan fingerprint density at radius 1 is 1.23 bits per heavy atom. The number of benzene rings is 2. The molecule has 3 rings (SSSR count). The Labute approximate surface area is 163 Å². The van der Waals surface area contributed by atoms with E-state index in [2.05, 4.69) is 21.2 Å². The third-order valence-corrected chi connectivity index (χ3v) is 4.77. The first kappa shape index (κ1) is 18.6. The van der Waals surface area contributed by atoms with E-state index >= 15 is 0 Å². The van der Waals surface area contributed by atoms with Crippen molar-refractivity contribution in [3.8, 4) is 0 Å². The van der Waals surface area contributed by atoms with E-state index in [0.717, 1.165) is 4.47 Å². The molecule has 0 radical (unpaired) electrons. The van der Waals surface area contributed by atoms with Gasteiger partial charge in [0, 0.05) is 29.2 Å². The summed E-state index contributed by atoms with van der Waals surface area (Å²) in [7, 11) is 0. The summed E-state index contributed by atoms with van der Waals surface area (Å²) in [6.07, 6.45) is 0. The molecule has 0 aromatic heterocycles. The van der Waals surface area contributed by atoms with Crippen LogP contribution < -0.4 is 10.2 Å². The minimum absolute atomic E-state index is 0.110. The number of ether oxygens (including phenoxy) is 1. The first-order chi connectivity index (χ1) is 12.5. The van der Waals surface area contributed by atoms with E-state index < -0.39 is 10.8 Å². The lowest BCUT2D eigenvalue weighted by Crippen LogP contribution is -2.36. The number of nitrogens with zero attached hydrogens (tertiary/aromatic N) is 2. The summed E-state index contributed by atoms with van der Waals surface area (Å²) in [5, 5.41) is 14.5. The molecule has 2 aromatic rings. The lowest BCUT2D eigenvalue weighted by molar-refractivity contribution is -0.384. The number of carbonyl (C=O) groups excluding carboxylic acids is 1. The smallest absolute Gasteiger partial charge is 0.293 e. The van der Waals surface area contributed by atoms with Gasteiger partial charge in [0.25, 0.3) is 11.6 Å². The number of carbonyl (C=O) groups is 1. The van der Waals surface area contributed by atoms with Gasteiger partial charge in [-0.2, -0.15) is 0 Å². The van der Waals surface area contributed by atoms with Crippen LogP contribution in [0, 0.1) is 10.1 Å². The molecule has 1 fully saturated rings. The molecule has 136 valence electrons. The molecule has 0 atom stereocenters. The molecule has 2 aromatic carbocycles. The van der Waals surface area contributed by atoms with Crippen molar-refractivity contribution >= 4 is 50.5 Å². The van der Waals surface area contributed by atoms with Crippen molar-refractivity contribution in [3.05, 3.63) is 61.6 Å². The van der Waals surface area contributed by atoms with E-state index in [-0.39, 0.29) is 11.3 Å². The number of morpholine rings is 1. The summed E-state index contributed by atoms with van der Waals surface area (Å²) < 4.78 is 6.06. The molecule has 1 saturated heterocycles. The molecule has 0 aliphatic carbocycles. The molecule has 1 aliphatic heterocycles. The second-order valence-electron chi connectivity index (χ2n) is 5.64. The second-order valence-corrected chi connectivity index (χ2v) is 6.96. The number of nitro benzene ring substituents is 1. The molecule has 1 N–H and O–H groups in total. The molecule has 1 heterocycles. The Kier molecular flexibility index (Phi) is 5.75. The van der Waals surface area contributed by atoms with Crippen LogP contribution in [0.15, 0.2) is 40.9 Å². The third-order valence-electron chi connectivity index (χ3n) is 3.97. The van der Waals surface area contributed by atoms with Gasteiger partial charge in [-0.3, -0.25) is 14.9 Å². The maximum atomic E-state index is 12.5. The molecule has 0 unspecified atom stereocenters. The van der Waals surface area contributed by atoms with Crippen LogP contribution in [0.1, 0.15) is 10.4 Å². The van der Waals surface area contributed by atoms with Crippen LogP contribution in [0.2, 0.25) is 5.02 Å². The minimum atomic E-state index is -0.478. The van der Waals surface area contributed by atoms with E-state index in [9.17, 15) is 14.9 Å². The van der Waals surface area contributed by atoms with Crippen LogP contribution in [0.3, 0.4) is 0 Å². The summed E-state index contributed by atoms with van der Waals surface area (Å²) in [4.78, 5) is 25.4. The molecule has 1 aliphatic rings. The zero-order valence-corrected chi connectivity index (χ0v) is 15.9. The fraction of sp³-hybridized carbons (Fsp3) is 0.235. The summed E-state index contributed by atoms with van der Waals surface area (Å²) in [5.74, 6) is -0.467. The predicted octanol–water partition coefficient (Wildman–Crippen LogP) is 4.10. The number of anilines is 2. The number of halogens is 2. The monoisotopic (exact) mass is 439 g/mol. The Hall–Kier alpha value is -2.16. The number of amides is 1. The molecule has 1 amide bonds. The summed E-state index contributed by atoms with van der Waals surface area (Å²) in [6.45, 7) is 2.17. The maximum Gasteiger partial charge on any atom is 0.293 e. The van der Waals surface area contributed by atoms with Gasteiger partial charge in [0.1, 0.15) is 5.69 Å². The van der Waals surface area contributed by atoms with Gasteiger partial charge >= 0.3 is 0 Å². The van der Waals surface area contributed by atoms with Crippen LogP contribution in [-0.4, -0.2) is 37.1 Å². The average molecular weight is 441 g/mol.